The zero-order chi connectivity index (χ0) is 15.9. The molecule has 0 unspecified atom stereocenters. The van der Waals surface area contributed by atoms with Crippen molar-refractivity contribution in [3.8, 4) is 0 Å². The predicted octanol–water partition coefficient (Wildman–Crippen LogP) is 1.99. The summed E-state index contributed by atoms with van der Waals surface area (Å²) in [5.74, 6) is 0.0924. The molecule has 0 N–H and O–H groups in total. The summed E-state index contributed by atoms with van der Waals surface area (Å²) in [6.45, 7) is 3.44. The second kappa shape index (κ2) is 5.48. The van der Waals surface area contributed by atoms with Gasteiger partial charge in [-0.3, -0.25) is 9.48 Å². The van der Waals surface area contributed by atoms with Crippen molar-refractivity contribution >= 4 is 11.6 Å². The van der Waals surface area contributed by atoms with Crippen molar-refractivity contribution < 1.29 is 4.79 Å². The van der Waals surface area contributed by atoms with Crippen molar-refractivity contribution in [2.24, 2.45) is 7.05 Å². The molecule has 5 nitrogen and oxygen atoms in total. The number of amides is 1. The minimum Gasteiger partial charge on any atom is -0.378 e. The lowest BCUT2D eigenvalue weighted by molar-refractivity contribution is 0.0730. The number of anilines is 1. The van der Waals surface area contributed by atoms with Gasteiger partial charge in [0.15, 0.2) is 0 Å². The van der Waals surface area contributed by atoms with Gasteiger partial charge in [0.2, 0.25) is 0 Å². The summed E-state index contributed by atoms with van der Waals surface area (Å²) < 4.78 is 1.90. The van der Waals surface area contributed by atoms with Crippen LogP contribution >= 0.6 is 0 Å². The van der Waals surface area contributed by atoms with Gasteiger partial charge in [0.05, 0.1) is 17.9 Å². The Morgan fingerprint density at radius 2 is 1.91 bits per heavy atom. The molecule has 2 aromatic rings. The van der Waals surface area contributed by atoms with Crippen LogP contribution in [0.5, 0.6) is 0 Å². The Kier molecular flexibility index (Phi) is 3.64. The molecular formula is C17H22N4O. The number of benzene rings is 1. The van der Waals surface area contributed by atoms with Crippen molar-refractivity contribution in [2.45, 2.75) is 19.9 Å². The molecule has 0 bridgehead atoms. The average Bonchev–Trinajstić information content (AvgIpc) is 2.81. The number of nitrogens with zero attached hydrogens (tertiary/aromatic N) is 4. The normalized spacial score (nSPS) is 13.9. The number of fused-ring (bicyclic) bond motifs is 1. The van der Waals surface area contributed by atoms with E-state index in [1.165, 1.54) is 5.56 Å². The first kappa shape index (κ1) is 14.6. The lowest BCUT2D eigenvalue weighted by Crippen LogP contribution is -2.36. The highest BCUT2D eigenvalue weighted by Crippen LogP contribution is 2.23. The number of rotatable bonds is 2. The zero-order valence-electron chi connectivity index (χ0n) is 13.6. The van der Waals surface area contributed by atoms with Crippen LogP contribution in [0, 0.1) is 6.92 Å². The molecule has 1 aliphatic heterocycles. The molecule has 1 aromatic heterocycles. The van der Waals surface area contributed by atoms with Crippen molar-refractivity contribution in [2.75, 3.05) is 25.5 Å². The van der Waals surface area contributed by atoms with Crippen molar-refractivity contribution in [3.63, 3.8) is 0 Å². The standard InChI is InChI=1S/C17H22N4O/c1-12-15-9-10-21(11-16(15)20(4)18-12)17(22)13-5-7-14(8-6-13)19(2)3/h5-8H,9-11H2,1-4H3. The predicted molar refractivity (Wildman–Crippen MR) is 87.2 cm³/mol. The molecule has 5 heteroatoms. The van der Waals surface area contributed by atoms with E-state index in [9.17, 15) is 4.79 Å². The first-order valence-corrected chi connectivity index (χ1v) is 7.55. The maximum atomic E-state index is 12.7. The van der Waals surface area contributed by atoms with E-state index in [1.54, 1.807) is 0 Å². The van der Waals surface area contributed by atoms with E-state index in [2.05, 4.69) is 5.10 Å². The second-order valence-corrected chi connectivity index (χ2v) is 6.05. The van der Waals surface area contributed by atoms with E-state index >= 15 is 0 Å². The Hall–Kier alpha value is -2.30. The van der Waals surface area contributed by atoms with Gasteiger partial charge in [-0.1, -0.05) is 0 Å². The van der Waals surface area contributed by atoms with Crippen LogP contribution in [0.2, 0.25) is 0 Å². The smallest absolute Gasteiger partial charge is 0.254 e. The van der Waals surface area contributed by atoms with Crippen LogP contribution in [-0.4, -0.2) is 41.2 Å². The van der Waals surface area contributed by atoms with Crippen LogP contribution in [0.4, 0.5) is 5.69 Å². The molecule has 0 aliphatic carbocycles. The summed E-state index contributed by atoms with van der Waals surface area (Å²) >= 11 is 0. The maximum Gasteiger partial charge on any atom is 0.254 e. The summed E-state index contributed by atoms with van der Waals surface area (Å²) in [6.07, 6.45) is 0.885. The van der Waals surface area contributed by atoms with E-state index in [4.69, 9.17) is 0 Å². The van der Waals surface area contributed by atoms with Crippen LogP contribution in [0.15, 0.2) is 24.3 Å². The quantitative estimate of drug-likeness (QED) is 0.851. The van der Waals surface area contributed by atoms with Crippen LogP contribution in [0.1, 0.15) is 27.3 Å². The summed E-state index contributed by atoms with van der Waals surface area (Å²) in [5, 5.41) is 4.46. The Morgan fingerprint density at radius 1 is 1.23 bits per heavy atom. The van der Waals surface area contributed by atoms with Crippen molar-refractivity contribution in [3.05, 3.63) is 46.8 Å². The Bertz CT molecular complexity index is 700. The molecule has 0 radical (unpaired) electrons. The molecule has 1 aromatic carbocycles. The number of aryl methyl sites for hydroxylation is 2. The number of hydrogen-bond donors (Lipinski definition) is 0. The summed E-state index contributed by atoms with van der Waals surface area (Å²) in [5.41, 5.74) is 5.38. The van der Waals surface area contributed by atoms with E-state index in [1.807, 2.05) is 66.8 Å². The van der Waals surface area contributed by atoms with Gasteiger partial charge in [0.1, 0.15) is 0 Å². The van der Waals surface area contributed by atoms with E-state index < -0.39 is 0 Å². The molecule has 0 saturated carbocycles. The molecule has 2 heterocycles. The monoisotopic (exact) mass is 298 g/mol. The maximum absolute atomic E-state index is 12.7. The number of carbonyl (C=O) groups is 1. The van der Waals surface area contributed by atoms with Crippen LogP contribution in [0.3, 0.4) is 0 Å². The molecular weight excluding hydrogens is 276 g/mol. The van der Waals surface area contributed by atoms with Gasteiger partial charge in [0, 0.05) is 38.9 Å². The third kappa shape index (κ3) is 2.47. The summed E-state index contributed by atoms with van der Waals surface area (Å²) in [7, 11) is 5.94. The molecule has 1 aliphatic rings. The third-order valence-electron chi connectivity index (χ3n) is 4.37. The molecule has 0 atom stereocenters. The molecule has 22 heavy (non-hydrogen) atoms. The SMILES string of the molecule is Cc1nn(C)c2c1CCN(C(=O)c1ccc(N(C)C)cc1)C2. The Morgan fingerprint density at radius 3 is 2.55 bits per heavy atom. The molecule has 0 saturated heterocycles. The highest BCUT2D eigenvalue weighted by Gasteiger charge is 2.25. The topological polar surface area (TPSA) is 41.4 Å². The van der Waals surface area contributed by atoms with Gasteiger partial charge in [-0.25, -0.2) is 0 Å². The van der Waals surface area contributed by atoms with Gasteiger partial charge in [0.25, 0.3) is 5.91 Å². The molecule has 3 rings (SSSR count). The lowest BCUT2D eigenvalue weighted by Gasteiger charge is -2.28. The van der Waals surface area contributed by atoms with E-state index in [-0.39, 0.29) is 5.91 Å². The van der Waals surface area contributed by atoms with E-state index in [0.29, 0.717) is 6.54 Å². The van der Waals surface area contributed by atoms with Gasteiger partial charge >= 0.3 is 0 Å². The van der Waals surface area contributed by atoms with Gasteiger partial charge in [-0.05, 0) is 43.2 Å². The third-order valence-corrected chi connectivity index (χ3v) is 4.37. The van der Waals surface area contributed by atoms with Crippen molar-refractivity contribution in [1.29, 1.82) is 0 Å². The lowest BCUT2D eigenvalue weighted by atomic mass is 10.0. The zero-order valence-corrected chi connectivity index (χ0v) is 13.6. The van der Waals surface area contributed by atoms with Crippen molar-refractivity contribution in [1.82, 2.24) is 14.7 Å². The number of aromatic nitrogens is 2. The highest BCUT2D eigenvalue weighted by atomic mass is 16.2. The van der Waals surface area contributed by atoms with Gasteiger partial charge in [-0.15, -0.1) is 0 Å². The molecule has 1 amide bonds. The first-order chi connectivity index (χ1) is 10.5. The van der Waals surface area contributed by atoms with E-state index in [0.717, 1.165) is 35.6 Å². The first-order valence-electron chi connectivity index (χ1n) is 7.55. The molecule has 116 valence electrons. The minimum absolute atomic E-state index is 0.0924. The van der Waals surface area contributed by atoms with Crippen LogP contribution in [0.25, 0.3) is 0 Å². The fraction of sp³-hybridized carbons (Fsp3) is 0.412. The minimum atomic E-state index is 0.0924. The number of hydrogen-bond acceptors (Lipinski definition) is 3. The largest absolute Gasteiger partial charge is 0.378 e. The Labute approximate surface area is 131 Å². The average molecular weight is 298 g/mol. The van der Waals surface area contributed by atoms with Gasteiger partial charge in [-0.2, -0.15) is 5.10 Å². The second-order valence-electron chi connectivity index (χ2n) is 6.05. The number of carbonyl (C=O) groups excluding carboxylic acids is 1. The highest BCUT2D eigenvalue weighted by molar-refractivity contribution is 5.94. The summed E-state index contributed by atoms with van der Waals surface area (Å²) in [4.78, 5) is 16.6. The van der Waals surface area contributed by atoms with Crippen LogP contribution in [-0.2, 0) is 20.0 Å². The summed E-state index contributed by atoms with van der Waals surface area (Å²) in [6, 6.07) is 7.77. The fourth-order valence-electron chi connectivity index (χ4n) is 3.04. The Balaban J connectivity index is 1.80. The molecule has 0 fully saturated rings. The fourth-order valence-corrected chi connectivity index (χ4v) is 3.04. The van der Waals surface area contributed by atoms with Gasteiger partial charge < -0.3 is 9.80 Å². The van der Waals surface area contributed by atoms with Crippen LogP contribution < -0.4 is 4.90 Å². The molecule has 0 spiro atoms.